The number of hydrogen-bond donors (Lipinski definition) is 1. The summed E-state index contributed by atoms with van der Waals surface area (Å²) in [6, 6.07) is 0. The summed E-state index contributed by atoms with van der Waals surface area (Å²) in [5.41, 5.74) is 1.22. The van der Waals surface area contributed by atoms with Crippen molar-refractivity contribution in [3.8, 4) is 0 Å². The van der Waals surface area contributed by atoms with Crippen LogP contribution in [0.4, 0.5) is 0 Å². The van der Waals surface area contributed by atoms with Crippen molar-refractivity contribution in [1.82, 2.24) is 20.2 Å². The van der Waals surface area contributed by atoms with E-state index >= 15 is 0 Å². The minimum Gasteiger partial charge on any atom is -0.356 e. The Morgan fingerprint density at radius 2 is 1.79 bits per heavy atom. The summed E-state index contributed by atoms with van der Waals surface area (Å²) in [5.74, 6) is 2.33. The second-order valence-electron chi connectivity index (χ2n) is 7.44. The van der Waals surface area contributed by atoms with Crippen molar-refractivity contribution in [2.75, 3.05) is 19.6 Å². The number of rotatable bonds is 5. The zero-order valence-electron chi connectivity index (χ0n) is 14.8. The van der Waals surface area contributed by atoms with E-state index in [4.69, 9.17) is 0 Å². The van der Waals surface area contributed by atoms with Crippen molar-refractivity contribution in [1.29, 1.82) is 0 Å². The van der Waals surface area contributed by atoms with Crippen molar-refractivity contribution in [3.63, 3.8) is 0 Å². The molecule has 1 amide bonds. The molecule has 0 bridgehead atoms. The molecule has 1 saturated heterocycles. The van der Waals surface area contributed by atoms with Crippen molar-refractivity contribution in [3.05, 3.63) is 23.8 Å². The van der Waals surface area contributed by atoms with Crippen LogP contribution in [-0.2, 0) is 11.3 Å². The van der Waals surface area contributed by atoms with Crippen molar-refractivity contribution >= 4 is 5.91 Å². The largest absolute Gasteiger partial charge is 0.356 e. The minimum atomic E-state index is 0.0765. The zero-order valence-corrected chi connectivity index (χ0v) is 14.8. The summed E-state index contributed by atoms with van der Waals surface area (Å²) in [6.07, 6.45) is 12.9. The highest BCUT2D eigenvalue weighted by Gasteiger charge is 2.20. The van der Waals surface area contributed by atoms with E-state index in [9.17, 15) is 4.79 Å². The SMILES string of the molecule is CC(=O)NCC1CCN(Cc2cnc(C3CCCCC3)nc2)CC1. The van der Waals surface area contributed by atoms with E-state index in [1.54, 1.807) is 6.92 Å². The van der Waals surface area contributed by atoms with Crippen LogP contribution in [0, 0.1) is 5.92 Å². The number of hydrogen-bond acceptors (Lipinski definition) is 4. The second kappa shape index (κ2) is 8.56. The zero-order chi connectivity index (χ0) is 16.8. The number of piperidine rings is 1. The van der Waals surface area contributed by atoms with Crippen LogP contribution in [0.1, 0.15) is 69.2 Å². The average Bonchev–Trinajstić information content (AvgIpc) is 2.62. The summed E-state index contributed by atoms with van der Waals surface area (Å²) >= 11 is 0. The van der Waals surface area contributed by atoms with Gasteiger partial charge in [0.1, 0.15) is 5.82 Å². The molecule has 5 heteroatoms. The van der Waals surface area contributed by atoms with Crippen molar-refractivity contribution < 1.29 is 4.79 Å². The number of carbonyl (C=O) groups is 1. The fraction of sp³-hybridized carbons (Fsp3) is 0.737. The summed E-state index contributed by atoms with van der Waals surface area (Å²) < 4.78 is 0. The Balaban J connectivity index is 1.44. The molecule has 2 fully saturated rings. The lowest BCUT2D eigenvalue weighted by molar-refractivity contribution is -0.119. The Hall–Kier alpha value is -1.49. The lowest BCUT2D eigenvalue weighted by Gasteiger charge is -2.31. The molecule has 3 rings (SSSR count). The molecule has 0 unspecified atom stereocenters. The lowest BCUT2D eigenvalue weighted by atomic mass is 9.89. The van der Waals surface area contributed by atoms with Gasteiger partial charge in [-0.2, -0.15) is 0 Å². The highest BCUT2D eigenvalue weighted by atomic mass is 16.1. The van der Waals surface area contributed by atoms with Gasteiger partial charge in [0.25, 0.3) is 0 Å². The van der Waals surface area contributed by atoms with Gasteiger partial charge in [-0.3, -0.25) is 9.69 Å². The van der Waals surface area contributed by atoms with Gasteiger partial charge in [-0.15, -0.1) is 0 Å². The van der Waals surface area contributed by atoms with E-state index in [0.29, 0.717) is 11.8 Å². The van der Waals surface area contributed by atoms with Crippen LogP contribution in [0.2, 0.25) is 0 Å². The molecule has 0 spiro atoms. The number of nitrogens with zero attached hydrogens (tertiary/aromatic N) is 3. The number of aromatic nitrogens is 2. The monoisotopic (exact) mass is 330 g/mol. The maximum atomic E-state index is 11.0. The second-order valence-corrected chi connectivity index (χ2v) is 7.44. The molecule has 1 saturated carbocycles. The smallest absolute Gasteiger partial charge is 0.216 e. The Morgan fingerprint density at radius 1 is 1.12 bits per heavy atom. The first-order chi connectivity index (χ1) is 11.7. The average molecular weight is 330 g/mol. The van der Waals surface area contributed by atoms with Crippen LogP contribution in [0.3, 0.4) is 0 Å². The molecule has 1 aliphatic heterocycles. The maximum Gasteiger partial charge on any atom is 0.216 e. The predicted molar refractivity (Wildman–Crippen MR) is 94.5 cm³/mol. The summed E-state index contributed by atoms with van der Waals surface area (Å²) in [5, 5.41) is 2.94. The summed E-state index contributed by atoms with van der Waals surface area (Å²) in [7, 11) is 0. The fourth-order valence-electron chi connectivity index (χ4n) is 3.91. The van der Waals surface area contributed by atoms with E-state index in [1.165, 1.54) is 37.7 Å². The summed E-state index contributed by atoms with van der Waals surface area (Å²) in [4.78, 5) is 22.8. The van der Waals surface area contributed by atoms with Gasteiger partial charge in [0, 0.05) is 43.9 Å². The van der Waals surface area contributed by atoms with Crippen molar-refractivity contribution in [2.45, 2.75) is 64.3 Å². The van der Waals surface area contributed by atoms with E-state index < -0.39 is 0 Å². The van der Waals surface area contributed by atoms with Crippen LogP contribution in [-0.4, -0.2) is 40.4 Å². The molecule has 0 atom stereocenters. The number of carbonyl (C=O) groups excluding carboxylic acids is 1. The number of likely N-dealkylation sites (tertiary alicyclic amines) is 1. The quantitative estimate of drug-likeness (QED) is 0.902. The molecular weight excluding hydrogens is 300 g/mol. The molecule has 24 heavy (non-hydrogen) atoms. The number of amides is 1. The lowest BCUT2D eigenvalue weighted by Crippen LogP contribution is -2.37. The van der Waals surface area contributed by atoms with Gasteiger partial charge in [0.05, 0.1) is 0 Å². The third-order valence-corrected chi connectivity index (χ3v) is 5.45. The molecular formula is C19H30N4O. The van der Waals surface area contributed by atoms with Crippen molar-refractivity contribution in [2.24, 2.45) is 5.92 Å². The first kappa shape index (κ1) is 17.3. The first-order valence-electron chi connectivity index (χ1n) is 9.48. The Kier molecular flexibility index (Phi) is 6.18. The van der Waals surface area contributed by atoms with Gasteiger partial charge in [-0.25, -0.2) is 9.97 Å². The van der Waals surface area contributed by atoms with Gasteiger partial charge >= 0.3 is 0 Å². The molecule has 0 aromatic carbocycles. The highest BCUT2D eigenvalue weighted by Crippen LogP contribution is 2.30. The van der Waals surface area contributed by atoms with Gasteiger partial charge in [-0.1, -0.05) is 19.3 Å². The maximum absolute atomic E-state index is 11.0. The first-order valence-corrected chi connectivity index (χ1v) is 9.48. The Bertz CT molecular complexity index is 517. The Morgan fingerprint density at radius 3 is 2.42 bits per heavy atom. The highest BCUT2D eigenvalue weighted by molar-refractivity contribution is 5.72. The van der Waals surface area contributed by atoms with Crippen LogP contribution in [0.25, 0.3) is 0 Å². The molecule has 2 aliphatic rings. The Labute approximate surface area is 145 Å². The molecule has 2 heterocycles. The topological polar surface area (TPSA) is 58.1 Å². The van der Waals surface area contributed by atoms with Crippen LogP contribution >= 0.6 is 0 Å². The minimum absolute atomic E-state index is 0.0765. The van der Waals surface area contributed by atoms with E-state index in [1.807, 2.05) is 12.4 Å². The van der Waals surface area contributed by atoms with Crippen LogP contribution in [0.15, 0.2) is 12.4 Å². The molecule has 1 N–H and O–H groups in total. The normalized spacial score (nSPS) is 20.9. The van der Waals surface area contributed by atoms with Gasteiger partial charge in [-0.05, 0) is 44.7 Å². The van der Waals surface area contributed by atoms with Crippen LogP contribution in [0.5, 0.6) is 0 Å². The van der Waals surface area contributed by atoms with Gasteiger partial charge < -0.3 is 5.32 Å². The molecule has 0 radical (unpaired) electrons. The molecule has 1 aromatic rings. The molecule has 5 nitrogen and oxygen atoms in total. The summed E-state index contributed by atoms with van der Waals surface area (Å²) in [6.45, 7) is 5.54. The van der Waals surface area contributed by atoms with Crippen LogP contribution < -0.4 is 5.32 Å². The molecule has 132 valence electrons. The van der Waals surface area contributed by atoms with Gasteiger partial charge in [0.15, 0.2) is 0 Å². The van der Waals surface area contributed by atoms with E-state index in [-0.39, 0.29) is 5.91 Å². The van der Waals surface area contributed by atoms with E-state index in [2.05, 4.69) is 20.2 Å². The third-order valence-electron chi connectivity index (χ3n) is 5.45. The van der Waals surface area contributed by atoms with Gasteiger partial charge in [0.2, 0.25) is 5.91 Å². The predicted octanol–water partition coefficient (Wildman–Crippen LogP) is 2.87. The fourth-order valence-corrected chi connectivity index (χ4v) is 3.91. The third kappa shape index (κ3) is 5.00. The molecule has 1 aliphatic carbocycles. The standard InChI is InChI=1S/C19H30N4O/c1-15(24)20-11-16-7-9-23(10-8-16)14-17-12-21-19(22-13-17)18-5-3-2-4-6-18/h12-13,16,18H,2-11,14H2,1H3,(H,20,24). The number of nitrogens with one attached hydrogen (secondary N) is 1. The van der Waals surface area contributed by atoms with E-state index in [0.717, 1.165) is 44.8 Å². The molecule has 1 aromatic heterocycles.